The molecule has 0 aromatic heterocycles. The Kier molecular flexibility index (Phi) is 5.37. The quantitative estimate of drug-likeness (QED) is 0.751. The van der Waals surface area contributed by atoms with E-state index in [2.05, 4.69) is 10.1 Å². The SMILES string of the molecule is CC(C)(CCl)NC(=O)COCC(F)(F)F. The molecule has 90 valence electrons. The van der Waals surface area contributed by atoms with Crippen molar-refractivity contribution in [1.29, 1.82) is 0 Å². The molecule has 0 aromatic rings. The van der Waals surface area contributed by atoms with Crippen LogP contribution >= 0.6 is 11.6 Å². The van der Waals surface area contributed by atoms with Crippen LogP contribution in [0, 0.1) is 0 Å². The van der Waals surface area contributed by atoms with Crippen LogP contribution in [0.3, 0.4) is 0 Å². The molecular formula is C8H13ClF3NO2. The Hall–Kier alpha value is -0.490. The lowest BCUT2D eigenvalue weighted by Crippen LogP contribution is -2.46. The summed E-state index contributed by atoms with van der Waals surface area (Å²) in [5, 5.41) is 2.43. The van der Waals surface area contributed by atoms with E-state index in [-0.39, 0.29) is 5.88 Å². The Labute approximate surface area is 90.9 Å². The van der Waals surface area contributed by atoms with Crippen LogP contribution in [0.5, 0.6) is 0 Å². The van der Waals surface area contributed by atoms with E-state index in [0.29, 0.717) is 0 Å². The van der Waals surface area contributed by atoms with E-state index in [1.807, 2.05) is 0 Å². The van der Waals surface area contributed by atoms with Crippen LogP contribution in [-0.4, -0.2) is 36.7 Å². The molecule has 0 atom stereocenters. The number of hydrogen-bond acceptors (Lipinski definition) is 2. The maximum absolute atomic E-state index is 11.6. The van der Waals surface area contributed by atoms with Gasteiger partial charge in [-0.1, -0.05) is 0 Å². The van der Waals surface area contributed by atoms with E-state index in [0.717, 1.165) is 0 Å². The molecule has 0 saturated heterocycles. The number of rotatable bonds is 5. The van der Waals surface area contributed by atoms with E-state index >= 15 is 0 Å². The first-order valence-corrected chi connectivity index (χ1v) is 4.71. The van der Waals surface area contributed by atoms with E-state index in [1.165, 1.54) is 0 Å². The molecule has 0 unspecified atom stereocenters. The zero-order valence-electron chi connectivity index (χ0n) is 8.45. The Balaban J connectivity index is 3.77. The van der Waals surface area contributed by atoms with Crippen molar-refractivity contribution in [3.8, 4) is 0 Å². The van der Waals surface area contributed by atoms with Gasteiger partial charge < -0.3 is 10.1 Å². The van der Waals surface area contributed by atoms with Crippen LogP contribution in [0.1, 0.15) is 13.8 Å². The van der Waals surface area contributed by atoms with Gasteiger partial charge in [-0.25, -0.2) is 0 Å². The van der Waals surface area contributed by atoms with Gasteiger partial charge in [-0.05, 0) is 13.8 Å². The highest BCUT2D eigenvalue weighted by Crippen LogP contribution is 2.14. The number of carbonyl (C=O) groups is 1. The molecule has 15 heavy (non-hydrogen) atoms. The number of nitrogens with one attached hydrogen (secondary N) is 1. The molecule has 0 aromatic carbocycles. The van der Waals surface area contributed by atoms with E-state index in [9.17, 15) is 18.0 Å². The lowest BCUT2D eigenvalue weighted by atomic mass is 10.1. The van der Waals surface area contributed by atoms with E-state index in [1.54, 1.807) is 13.8 Å². The van der Waals surface area contributed by atoms with Crippen LogP contribution in [0.15, 0.2) is 0 Å². The van der Waals surface area contributed by atoms with Gasteiger partial charge in [0.05, 0.1) is 0 Å². The van der Waals surface area contributed by atoms with Crippen molar-refractivity contribution in [1.82, 2.24) is 5.32 Å². The number of ether oxygens (including phenoxy) is 1. The van der Waals surface area contributed by atoms with Crippen molar-refractivity contribution < 1.29 is 22.7 Å². The van der Waals surface area contributed by atoms with Crippen molar-refractivity contribution in [2.24, 2.45) is 0 Å². The Bertz CT molecular complexity index is 218. The molecule has 0 rings (SSSR count). The van der Waals surface area contributed by atoms with Gasteiger partial charge in [0.25, 0.3) is 0 Å². The van der Waals surface area contributed by atoms with E-state index in [4.69, 9.17) is 11.6 Å². The summed E-state index contributed by atoms with van der Waals surface area (Å²) in [5.74, 6) is -0.456. The lowest BCUT2D eigenvalue weighted by Gasteiger charge is -2.23. The summed E-state index contributed by atoms with van der Waals surface area (Å²) in [7, 11) is 0. The van der Waals surface area contributed by atoms with Crippen molar-refractivity contribution in [2.45, 2.75) is 25.6 Å². The van der Waals surface area contributed by atoms with Crippen LogP contribution in [0.2, 0.25) is 0 Å². The minimum atomic E-state index is -4.41. The van der Waals surface area contributed by atoms with Gasteiger partial charge in [0.15, 0.2) is 0 Å². The summed E-state index contributed by atoms with van der Waals surface area (Å²) in [6.07, 6.45) is -4.41. The first-order valence-electron chi connectivity index (χ1n) is 4.18. The summed E-state index contributed by atoms with van der Waals surface area (Å²) in [6.45, 7) is 1.25. The zero-order chi connectivity index (χ0) is 12.1. The predicted molar refractivity (Wildman–Crippen MR) is 49.8 cm³/mol. The normalized spacial score (nSPS) is 12.7. The van der Waals surface area contributed by atoms with E-state index < -0.39 is 30.8 Å². The summed E-state index contributed by atoms with van der Waals surface area (Å²) in [4.78, 5) is 11.0. The fourth-order valence-corrected chi connectivity index (χ4v) is 0.773. The molecule has 0 aliphatic heterocycles. The summed E-state index contributed by atoms with van der Waals surface area (Å²) < 4.78 is 39.1. The molecule has 0 radical (unpaired) electrons. The molecule has 0 bridgehead atoms. The maximum Gasteiger partial charge on any atom is 0.411 e. The van der Waals surface area contributed by atoms with Crippen molar-refractivity contribution >= 4 is 17.5 Å². The second-order valence-corrected chi connectivity index (χ2v) is 3.94. The standard InChI is InChI=1S/C8H13ClF3NO2/c1-7(2,4-9)13-6(14)3-15-5-8(10,11)12/h3-5H2,1-2H3,(H,13,14). The fourth-order valence-electron chi connectivity index (χ4n) is 0.706. The number of hydrogen-bond donors (Lipinski definition) is 1. The van der Waals surface area contributed by atoms with Gasteiger partial charge >= 0.3 is 6.18 Å². The van der Waals surface area contributed by atoms with Gasteiger partial charge in [-0.15, -0.1) is 11.6 Å². The minimum absolute atomic E-state index is 0.165. The molecule has 1 N–H and O–H groups in total. The fraction of sp³-hybridized carbons (Fsp3) is 0.875. The summed E-state index contributed by atoms with van der Waals surface area (Å²) in [6, 6.07) is 0. The first-order chi connectivity index (χ1) is 6.66. The molecule has 0 fully saturated rings. The first kappa shape index (κ1) is 14.5. The number of amides is 1. The van der Waals surface area contributed by atoms with Gasteiger partial charge in [0.1, 0.15) is 13.2 Å². The Morgan fingerprint density at radius 2 is 1.93 bits per heavy atom. The van der Waals surface area contributed by atoms with Crippen molar-refractivity contribution in [3.05, 3.63) is 0 Å². The third kappa shape index (κ3) is 8.50. The summed E-state index contributed by atoms with van der Waals surface area (Å²) >= 11 is 5.51. The monoisotopic (exact) mass is 247 g/mol. The van der Waals surface area contributed by atoms with Gasteiger partial charge in [0, 0.05) is 11.4 Å². The van der Waals surface area contributed by atoms with Gasteiger partial charge in [-0.2, -0.15) is 13.2 Å². The van der Waals surface area contributed by atoms with Crippen LogP contribution in [0.25, 0.3) is 0 Å². The van der Waals surface area contributed by atoms with Crippen molar-refractivity contribution in [3.63, 3.8) is 0 Å². The highest BCUT2D eigenvalue weighted by Gasteiger charge is 2.28. The predicted octanol–water partition coefficient (Wildman–Crippen LogP) is 1.70. The van der Waals surface area contributed by atoms with Crippen LogP contribution in [0.4, 0.5) is 13.2 Å². The second-order valence-electron chi connectivity index (χ2n) is 3.67. The average Bonchev–Trinajstić information content (AvgIpc) is 2.00. The van der Waals surface area contributed by atoms with Gasteiger partial charge in [-0.3, -0.25) is 4.79 Å². The largest absolute Gasteiger partial charge is 0.411 e. The van der Waals surface area contributed by atoms with Crippen LogP contribution < -0.4 is 5.32 Å². The summed E-state index contributed by atoms with van der Waals surface area (Å²) in [5.41, 5.74) is -0.653. The molecular weight excluding hydrogens is 235 g/mol. The smallest absolute Gasteiger partial charge is 0.362 e. The Morgan fingerprint density at radius 1 is 1.40 bits per heavy atom. The maximum atomic E-state index is 11.6. The molecule has 0 aliphatic carbocycles. The third-order valence-corrected chi connectivity index (χ3v) is 1.98. The molecule has 0 aliphatic rings. The minimum Gasteiger partial charge on any atom is -0.362 e. The molecule has 1 amide bonds. The number of carbonyl (C=O) groups excluding carboxylic acids is 1. The third-order valence-electron chi connectivity index (χ3n) is 1.31. The molecule has 3 nitrogen and oxygen atoms in total. The zero-order valence-corrected chi connectivity index (χ0v) is 9.21. The topological polar surface area (TPSA) is 38.3 Å². The molecule has 0 heterocycles. The molecule has 0 spiro atoms. The Morgan fingerprint density at radius 3 is 2.33 bits per heavy atom. The lowest BCUT2D eigenvalue weighted by molar-refractivity contribution is -0.175. The van der Waals surface area contributed by atoms with Gasteiger partial charge in [0.2, 0.25) is 5.91 Å². The molecule has 0 saturated carbocycles. The van der Waals surface area contributed by atoms with Crippen LogP contribution in [-0.2, 0) is 9.53 Å². The molecule has 7 heteroatoms. The highest BCUT2D eigenvalue weighted by atomic mass is 35.5. The average molecular weight is 248 g/mol. The second kappa shape index (κ2) is 5.55. The number of halogens is 4. The van der Waals surface area contributed by atoms with Crippen molar-refractivity contribution in [2.75, 3.05) is 19.1 Å². The highest BCUT2D eigenvalue weighted by molar-refractivity contribution is 6.18. The number of alkyl halides is 4.